The second kappa shape index (κ2) is 5.77. The van der Waals surface area contributed by atoms with E-state index < -0.39 is 0 Å². The summed E-state index contributed by atoms with van der Waals surface area (Å²) in [7, 11) is 0. The average molecular weight is 346 g/mol. The Hall–Kier alpha value is -1.65. The maximum atomic E-state index is 12.1. The number of halogens is 1. The van der Waals surface area contributed by atoms with Gasteiger partial charge in [-0.15, -0.1) is 11.3 Å². The monoisotopic (exact) mass is 345 g/mol. The van der Waals surface area contributed by atoms with Crippen LogP contribution in [0.4, 0.5) is 5.69 Å². The van der Waals surface area contributed by atoms with Crippen molar-refractivity contribution in [1.29, 1.82) is 0 Å². The van der Waals surface area contributed by atoms with E-state index in [1.165, 1.54) is 0 Å². The molecule has 0 fully saturated rings. The molecular weight excluding hydrogens is 334 g/mol. The maximum absolute atomic E-state index is 12.1. The van der Waals surface area contributed by atoms with Gasteiger partial charge in [0, 0.05) is 16.0 Å². The first-order chi connectivity index (χ1) is 9.72. The second-order valence-corrected chi connectivity index (χ2v) is 7.01. The van der Waals surface area contributed by atoms with Crippen LogP contribution in [0.2, 0.25) is 0 Å². The number of amides is 1. The van der Waals surface area contributed by atoms with Crippen LogP contribution in [-0.2, 0) is 11.2 Å². The molecule has 100 valence electrons. The molecule has 2 aromatic carbocycles. The van der Waals surface area contributed by atoms with Crippen LogP contribution in [0.15, 0.2) is 58.4 Å². The fraction of sp³-hybridized carbons (Fsp3) is 0.0625. The van der Waals surface area contributed by atoms with Crippen LogP contribution in [0.25, 0.3) is 10.8 Å². The minimum atomic E-state index is 0.00991. The third kappa shape index (κ3) is 2.92. The molecule has 0 bridgehead atoms. The summed E-state index contributed by atoms with van der Waals surface area (Å²) in [5, 5.41) is 5.19. The molecule has 1 amide bonds. The Morgan fingerprint density at radius 1 is 1.05 bits per heavy atom. The fourth-order valence-electron chi connectivity index (χ4n) is 2.13. The standard InChI is InChI=1S/C16H12BrNOS/c17-15-9-8-12(20-15)10-16(19)18-14-7-3-5-11-4-1-2-6-13(11)14/h1-9H,10H2,(H,18,19). The number of hydrogen-bond acceptors (Lipinski definition) is 2. The zero-order valence-corrected chi connectivity index (χ0v) is 13.0. The van der Waals surface area contributed by atoms with E-state index in [1.54, 1.807) is 11.3 Å². The highest BCUT2D eigenvalue weighted by molar-refractivity contribution is 9.11. The zero-order valence-electron chi connectivity index (χ0n) is 10.6. The van der Waals surface area contributed by atoms with E-state index in [0.29, 0.717) is 6.42 Å². The van der Waals surface area contributed by atoms with E-state index in [2.05, 4.69) is 21.2 Å². The van der Waals surface area contributed by atoms with Gasteiger partial charge in [-0.25, -0.2) is 0 Å². The molecule has 0 spiro atoms. The summed E-state index contributed by atoms with van der Waals surface area (Å²) < 4.78 is 1.05. The Bertz CT molecular complexity index is 761. The van der Waals surface area contributed by atoms with Crippen molar-refractivity contribution in [2.75, 3.05) is 5.32 Å². The van der Waals surface area contributed by atoms with Gasteiger partial charge in [0.05, 0.1) is 10.2 Å². The van der Waals surface area contributed by atoms with Crippen LogP contribution in [0.5, 0.6) is 0 Å². The summed E-state index contributed by atoms with van der Waals surface area (Å²) in [6.07, 6.45) is 0.402. The van der Waals surface area contributed by atoms with Crippen molar-refractivity contribution >= 4 is 49.6 Å². The van der Waals surface area contributed by atoms with Crippen LogP contribution in [-0.4, -0.2) is 5.91 Å². The first kappa shape index (κ1) is 13.3. The van der Waals surface area contributed by atoms with E-state index in [9.17, 15) is 4.79 Å². The minimum Gasteiger partial charge on any atom is -0.325 e. The fourth-order valence-corrected chi connectivity index (χ4v) is 3.62. The molecule has 3 aromatic rings. The maximum Gasteiger partial charge on any atom is 0.229 e. The topological polar surface area (TPSA) is 29.1 Å². The number of benzene rings is 2. The van der Waals surface area contributed by atoms with Crippen LogP contribution >= 0.6 is 27.3 Å². The lowest BCUT2D eigenvalue weighted by atomic mass is 10.1. The van der Waals surface area contributed by atoms with Crippen molar-refractivity contribution in [3.8, 4) is 0 Å². The van der Waals surface area contributed by atoms with Gasteiger partial charge in [0.15, 0.2) is 0 Å². The Morgan fingerprint density at radius 3 is 2.65 bits per heavy atom. The molecule has 2 nitrogen and oxygen atoms in total. The number of nitrogens with one attached hydrogen (secondary N) is 1. The number of rotatable bonds is 3. The lowest BCUT2D eigenvalue weighted by Crippen LogP contribution is -2.13. The molecule has 1 heterocycles. The van der Waals surface area contributed by atoms with Gasteiger partial charge in [0.1, 0.15) is 0 Å². The summed E-state index contributed by atoms with van der Waals surface area (Å²) >= 11 is 4.99. The molecule has 0 aliphatic carbocycles. The molecule has 0 atom stereocenters. The van der Waals surface area contributed by atoms with Crippen LogP contribution in [0, 0.1) is 0 Å². The molecule has 0 aliphatic heterocycles. The normalized spacial score (nSPS) is 10.7. The molecule has 4 heteroatoms. The summed E-state index contributed by atoms with van der Waals surface area (Å²) in [6, 6.07) is 17.9. The van der Waals surface area contributed by atoms with Crippen molar-refractivity contribution in [1.82, 2.24) is 0 Å². The lowest BCUT2D eigenvalue weighted by molar-refractivity contribution is -0.115. The zero-order chi connectivity index (χ0) is 13.9. The van der Waals surface area contributed by atoms with E-state index >= 15 is 0 Å². The average Bonchev–Trinajstić information content (AvgIpc) is 2.84. The molecule has 1 N–H and O–H groups in total. The largest absolute Gasteiger partial charge is 0.325 e. The summed E-state index contributed by atoms with van der Waals surface area (Å²) in [6.45, 7) is 0. The van der Waals surface area contributed by atoms with Crippen molar-refractivity contribution < 1.29 is 4.79 Å². The highest BCUT2D eigenvalue weighted by Gasteiger charge is 2.08. The summed E-state index contributed by atoms with van der Waals surface area (Å²) in [4.78, 5) is 13.2. The summed E-state index contributed by atoms with van der Waals surface area (Å²) in [5.41, 5.74) is 0.865. The molecular formula is C16H12BrNOS. The van der Waals surface area contributed by atoms with Gasteiger partial charge < -0.3 is 5.32 Å². The summed E-state index contributed by atoms with van der Waals surface area (Å²) in [5.74, 6) is 0.00991. The SMILES string of the molecule is O=C(Cc1ccc(Br)s1)Nc1cccc2ccccc12. The van der Waals surface area contributed by atoms with Gasteiger partial charge >= 0.3 is 0 Å². The molecule has 20 heavy (non-hydrogen) atoms. The third-order valence-corrected chi connectivity index (χ3v) is 4.65. The van der Waals surface area contributed by atoms with E-state index in [4.69, 9.17) is 0 Å². The van der Waals surface area contributed by atoms with Crippen molar-refractivity contribution in [2.45, 2.75) is 6.42 Å². The Morgan fingerprint density at radius 2 is 1.85 bits per heavy atom. The van der Waals surface area contributed by atoms with Crippen molar-refractivity contribution in [3.63, 3.8) is 0 Å². The lowest BCUT2D eigenvalue weighted by Gasteiger charge is -2.08. The quantitative estimate of drug-likeness (QED) is 0.722. The van der Waals surface area contributed by atoms with Crippen LogP contribution < -0.4 is 5.32 Å². The number of carbonyl (C=O) groups excluding carboxylic acids is 1. The Kier molecular flexibility index (Phi) is 3.85. The molecule has 0 unspecified atom stereocenters. The van der Waals surface area contributed by atoms with E-state index in [0.717, 1.165) is 25.1 Å². The van der Waals surface area contributed by atoms with Gasteiger partial charge in [0.25, 0.3) is 0 Å². The molecule has 0 radical (unpaired) electrons. The second-order valence-electron chi connectivity index (χ2n) is 4.46. The molecule has 0 saturated carbocycles. The van der Waals surface area contributed by atoms with Crippen molar-refractivity contribution in [2.24, 2.45) is 0 Å². The number of hydrogen-bond donors (Lipinski definition) is 1. The number of fused-ring (bicyclic) bond motifs is 1. The Balaban J connectivity index is 1.81. The predicted molar refractivity (Wildman–Crippen MR) is 88.3 cm³/mol. The van der Waals surface area contributed by atoms with Crippen LogP contribution in [0.3, 0.4) is 0 Å². The van der Waals surface area contributed by atoms with Crippen LogP contribution in [0.1, 0.15) is 4.88 Å². The predicted octanol–water partition coefficient (Wildman–Crippen LogP) is 4.85. The molecule has 0 aliphatic rings. The highest BCUT2D eigenvalue weighted by atomic mass is 79.9. The van der Waals surface area contributed by atoms with Gasteiger partial charge in [-0.3, -0.25) is 4.79 Å². The third-order valence-electron chi connectivity index (χ3n) is 3.03. The molecule has 1 aromatic heterocycles. The van der Waals surface area contributed by atoms with Gasteiger partial charge in [0.2, 0.25) is 5.91 Å². The molecule has 0 saturated heterocycles. The van der Waals surface area contributed by atoms with Gasteiger partial charge in [-0.05, 0) is 39.5 Å². The number of carbonyl (C=O) groups is 1. The van der Waals surface area contributed by atoms with Gasteiger partial charge in [-0.1, -0.05) is 36.4 Å². The Labute approximate surface area is 129 Å². The van der Waals surface area contributed by atoms with E-state index in [1.807, 2.05) is 54.6 Å². The first-order valence-corrected chi connectivity index (χ1v) is 7.85. The number of thiophene rings is 1. The van der Waals surface area contributed by atoms with Gasteiger partial charge in [-0.2, -0.15) is 0 Å². The smallest absolute Gasteiger partial charge is 0.229 e. The minimum absolute atomic E-state index is 0.00991. The van der Waals surface area contributed by atoms with E-state index in [-0.39, 0.29) is 5.91 Å². The molecule has 3 rings (SSSR count). The number of anilines is 1. The first-order valence-electron chi connectivity index (χ1n) is 6.24. The van der Waals surface area contributed by atoms with Crippen molar-refractivity contribution in [3.05, 3.63) is 63.3 Å². The highest BCUT2D eigenvalue weighted by Crippen LogP contribution is 2.25.